The first-order chi connectivity index (χ1) is 9.92. The average molecular weight is 261 g/mol. The SMILES string of the molecule is c1ccc(N2CCC3=C(CCc4ccccc43)C2)cc1. The van der Waals surface area contributed by atoms with Gasteiger partial charge in [0.05, 0.1) is 0 Å². The summed E-state index contributed by atoms with van der Waals surface area (Å²) >= 11 is 0. The molecule has 1 heteroatoms. The van der Waals surface area contributed by atoms with Crippen LogP contribution in [0.4, 0.5) is 5.69 Å². The third kappa shape index (κ3) is 1.94. The maximum Gasteiger partial charge on any atom is 0.0395 e. The van der Waals surface area contributed by atoms with E-state index in [0.29, 0.717) is 0 Å². The summed E-state index contributed by atoms with van der Waals surface area (Å²) < 4.78 is 0. The molecule has 0 spiro atoms. The third-order valence-electron chi connectivity index (χ3n) is 4.60. The second kappa shape index (κ2) is 4.82. The van der Waals surface area contributed by atoms with Gasteiger partial charge in [-0.2, -0.15) is 0 Å². The van der Waals surface area contributed by atoms with Gasteiger partial charge in [0.1, 0.15) is 0 Å². The summed E-state index contributed by atoms with van der Waals surface area (Å²) in [7, 11) is 0. The zero-order valence-electron chi connectivity index (χ0n) is 11.7. The lowest BCUT2D eigenvalue weighted by molar-refractivity contribution is 0.749. The number of aryl methyl sites for hydroxylation is 1. The van der Waals surface area contributed by atoms with Crippen LogP contribution in [0, 0.1) is 0 Å². The smallest absolute Gasteiger partial charge is 0.0395 e. The Balaban J connectivity index is 1.67. The Morgan fingerprint density at radius 1 is 0.750 bits per heavy atom. The van der Waals surface area contributed by atoms with Crippen molar-refractivity contribution in [1.29, 1.82) is 0 Å². The van der Waals surface area contributed by atoms with Gasteiger partial charge in [-0.15, -0.1) is 0 Å². The molecule has 4 rings (SSSR count). The largest absolute Gasteiger partial charge is 0.367 e. The van der Waals surface area contributed by atoms with Gasteiger partial charge in [0.15, 0.2) is 0 Å². The first kappa shape index (κ1) is 11.8. The van der Waals surface area contributed by atoms with Crippen molar-refractivity contribution in [3.63, 3.8) is 0 Å². The number of anilines is 1. The lowest BCUT2D eigenvalue weighted by Crippen LogP contribution is -2.32. The number of fused-ring (bicyclic) bond motifs is 2. The minimum atomic E-state index is 1.10. The Kier molecular flexibility index (Phi) is 2.84. The van der Waals surface area contributed by atoms with Crippen LogP contribution in [-0.2, 0) is 6.42 Å². The predicted octanol–water partition coefficient (Wildman–Crippen LogP) is 4.30. The van der Waals surface area contributed by atoms with E-state index in [0.717, 1.165) is 13.1 Å². The summed E-state index contributed by atoms with van der Waals surface area (Å²) in [5.74, 6) is 0. The van der Waals surface area contributed by atoms with E-state index in [-0.39, 0.29) is 0 Å². The molecule has 100 valence electrons. The molecule has 0 N–H and O–H groups in total. The fraction of sp³-hybridized carbons (Fsp3) is 0.263. The molecule has 0 radical (unpaired) electrons. The summed E-state index contributed by atoms with van der Waals surface area (Å²) in [5, 5.41) is 0. The fourth-order valence-corrected chi connectivity index (χ4v) is 3.56. The quantitative estimate of drug-likeness (QED) is 0.740. The molecule has 1 aliphatic carbocycles. The van der Waals surface area contributed by atoms with Crippen molar-refractivity contribution in [3.05, 3.63) is 71.3 Å². The molecule has 2 aromatic rings. The van der Waals surface area contributed by atoms with Crippen LogP contribution in [0.15, 0.2) is 60.2 Å². The molecule has 0 fully saturated rings. The Bertz CT molecular complexity index is 654. The van der Waals surface area contributed by atoms with Crippen LogP contribution >= 0.6 is 0 Å². The zero-order chi connectivity index (χ0) is 13.4. The molecule has 20 heavy (non-hydrogen) atoms. The maximum absolute atomic E-state index is 2.52. The zero-order valence-corrected chi connectivity index (χ0v) is 11.7. The molecule has 1 aliphatic heterocycles. The highest BCUT2D eigenvalue weighted by Gasteiger charge is 2.24. The van der Waals surface area contributed by atoms with Crippen LogP contribution in [0.2, 0.25) is 0 Å². The van der Waals surface area contributed by atoms with Gasteiger partial charge in [0, 0.05) is 18.8 Å². The molecule has 0 saturated carbocycles. The lowest BCUT2D eigenvalue weighted by Gasteiger charge is -2.35. The van der Waals surface area contributed by atoms with Gasteiger partial charge in [-0.25, -0.2) is 0 Å². The van der Waals surface area contributed by atoms with Crippen molar-refractivity contribution >= 4 is 11.3 Å². The molecule has 0 aromatic heterocycles. The normalized spacial score (nSPS) is 17.7. The van der Waals surface area contributed by atoms with E-state index < -0.39 is 0 Å². The number of nitrogens with zero attached hydrogens (tertiary/aromatic N) is 1. The van der Waals surface area contributed by atoms with Crippen molar-refractivity contribution in [3.8, 4) is 0 Å². The average Bonchev–Trinajstić information content (AvgIpc) is 2.55. The highest BCUT2D eigenvalue weighted by molar-refractivity contribution is 5.76. The number of hydrogen-bond acceptors (Lipinski definition) is 1. The van der Waals surface area contributed by atoms with Gasteiger partial charge in [0.25, 0.3) is 0 Å². The fourth-order valence-electron chi connectivity index (χ4n) is 3.56. The molecule has 1 nitrogen and oxygen atoms in total. The van der Waals surface area contributed by atoms with Crippen LogP contribution in [0.1, 0.15) is 24.0 Å². The van der Waals surface area contributed by atoms with Crippen LogP contribution in [0.25, 0.3) is 5.57 Å². The van der Waals surface area contributed by atoms with Crippen molar-refractivity contribution in [2.75, 3.05) is 18.0 Å². The maximum atomic E-state index is 2.52. The Labute approximate surface area is 120 Å². The van der Waals surface area contributed by atoms with E-state index in [2.05, 4.69) is 59.5 Å². The Morgan fingerprint density at radius 2 is 1.55 bits per heavy atom. The molecule has 1 heterocycles. The number of benzene rings is 2. The molecular formula is C19H19N. The van der Waals surface area contributed by atoms with Gasteiger partial charge in [-0.05, 0) is 53.7 Å². The first-order valence-corrected chi connectivity index (χ1v) is 7.51. The van der Waals surface area contributed by atoms with E-state index in [1.807, 2.05) is 0 Å². The molecule has 0 amide bonds. The van der Waals surface area contributed by atoms with Gasteiger partial charge in [-0.3, -0.25) is 0 Å². The monoisotopic (exact) mass is 261 g/mol. The standard InChI is InChI=1S/C19H19N/c1-2-7-17(8-3-1)20-13-12-19-16(14-20)11-10-15-6-4-5-9-18(15)19/h1-9H,10-14H2. The van der Waals surface area contributed by atoms with Crippen LogP contribution in [0.3, 0.4) is 0 Å². The van der Waals surface area contributed by atoms with Crippen molar-refractivity contribution in [2.24, 2.45) is 0 Å². The Hall–Kier alpha value is -2.02. The van der Waals surface area contributed by atoms with Crippen LogP contribution in [0.5, 0.6) is 0 Å². The minimum Gasteiger partial charge on any atom is -0.367 e. The van der Waals surface area contributed by atoms with Crippen molar-refractivity contribution in [2.45, 2.75) is 19.3 Å². The highest BCUT2D eigenvalue weighted by Crippen LogP contribution is 2.37. The van der Waals surface area contributed by atoms with E-state index in [1.54, 1.807) is 16.7 Å². The molecule has 2 aliphatic rings. The molecule has 0 unspecified atom stereocenters. The van der Waals surface area contributed by atoms with E-state index in [9.17, 15) is 0 Å². The van der Waals surface area contributed by atoms with E-state index in [1.165, 1.54) is 30.5 Å². The first-order valence-electron chi connectivity index (χ1n) is 7.51. The van der Waals surface area contributed by atoms with Crippen LogP contribution < -0.4 is 4.90 Å². The topological polar surface area (TPSA) is 3.24 Å². The molecule has 2 aromatic carbocycles. The molecule has 0 atom stereocenters. The lowest BCUT2D eigenvalue weighted by atomic mass is 9.82. The van der Waals surface area contributed by atoms with Gasteiger partial charge in [0.2, 0.25) is 0 Å². The number of rotatable bonds is 1. The van der Waals surface area contributed by atoms with Gasteiger partial charge < -0.3 is 4.90 Å². The number of para-hydroxylation sites is 1. The summed E-state index contributed by atoms with van der Waals surface area (Å²) in [6.45, 7) is 2.24. The van der Waals surface area contributed by atoms with Gasteiger partial charge >= 0.3 is 0 Å². The molecule has 0 bridgehead atoms. The second-order valence-corrected chi connectivity index (χ2v) is 5.75. The van der Waals surface area contributed by atoms with Crippen molar-refractivity contribution < 1.29 is 0 Å². The number of hydrogen-bond donors (Lipinski definition) is 0. The minimum absolute atomic E-state index is 1.10. The predicted molar refractivity (Wildman–Crippen MR) is 85.0 cm³/mol. The molecule has 0 saturated heterocycles. The summed E-state index contributed by atoms with van der Waals surface area (Å²) in [6.07, 6.45) is 3.62. The van der Waals surface area contributed by atoms with E-state index in [4.69, 9.17) is 0 Å². The van der Waals surface area contributed by atoms with E-state index >= 15 is 0 Å². The summed E-state index contributed by atoms with van der Waals surface area (Å²) in [6, 6.07) is 19.8. The van der Waals surface area contributed by atoms with Crippen molar-refractivity contribution in [1.82, 2.24) is 0 Å². The van der Waals surface area contributed by atoms with Gasteiger partial charge in [-0.1, -0.05) is 42.5 Å². The summed E-state index contributed by atoms with van der Waals surface area (Å²) in [5.41, 5.74) is 7.69. The Morgan fingerprint density at radius 3 is 2.45 bits per heavy atom. The molecular weight excluding hydrogens is 242 g/mol. The summed E-state index contributed by atoms with van der Waals surface area (Å²) in [4.78, 5) is 2.52. The highest BCUT2D eigenvalue weighted by atomic mass is 15.1. The third-order valence-corrected chi connectivity index (χ3v) is 4.60. The second-order valence-electron chi connectivity index (χ2n) is 5.75. The van der Waals surface area contributed by atoms with Crippen LogP contribution in [-0.4, -0.2) is 13.1 Å².